The summed E-state index contributed by atoms with van der Waals surface area (Å²) in [5, 5.41) is 0. The van der Waals surface area contributed by atoms with E-state index in [0.717, 1.165) is 11.1 Å². The summed E-state index contributed by atoms with van der Waals surface area (Å²) in [6, 6.07) is 0. The summed E-state index contributed by atoms with van der Waals surface area (Å²) < 4.78 is 118. The molecule has 6 nitrogen and oxygen atoms in total. The number of rotatable bonds is 1. The van der Waals surface area contributed by atoms with Crippen LogP contribution in [0.1, 0.15) is 6.92 Å². The molecular formula is C21H15BiF6O6S2. The zero-order valence-electron chi connectivity index (χ0n) is 17.9. The third kappa shape index (κ3) is 15.7. The van der Waals surface area contributed by atoms with Crippen LogP contribution in [0.5, 0.6) is 0 Å². The molecule has 0 atom stereocenters. The molecule has 36 heavy (non-hydrogen) atoms. The van der Waals surface area contributed by atoms with Gasteiger partial charge in [0.2, 0.25) is 0 Å². The van der Waals surface area contributed by atoms with Crippen molar-refractivity contribution < 1.29 is 52.3 Å². The normalized spacial score (nSPS) is 15.5. The van der Waals surface area contributed by atoms with Crippen LogP contribution in [0.2, 0.25) is 0 Å². The van der Waals surface area contributed by atoms with E-state index in [1.807, 2.05) is 73.6 Å². The standard InChI is InChI=1S/C12H8.C7H7.2CHF3O3S.Bi/c1-3-7-11(8-4-1)12-9-5-2-6-10-12;1-7-5-3-2-4-6-7;2*2-1(3,4)8(5,6)7;/h1-7,9H;3-6H,1H3;2*(H,5,6,7);/q;;;;+2/p-2. The maximum atomic E-state index is 10.7. The molecule has 0 heterocycles. The second-order valence-electron chi connectivity index (χ2n) is 5.93. The average molecular weight is 750 g/mol. The Morgan fingerprint density at radius 2 is 1.44 bits per heavy atom. The minimum Gasteiger partial charge on any atom is -0.741 e. The maximum Gasteiger partial charge on any atom is 2.00 e. The number of halogens is 6. The van der Waals surface area contributed by atoms with Gasteiger partial charge in [-0.25, -0.2) is 22.6 Å². The molecule has 0 spiro atoms. The van der Waals surface area contributed by atoms with E-state index in [2.05, 4.69) is 24.5 Å². The van der Waals surface area contributed by atoms with Gasteiger partial charge in [-0.15, -0.1) is 17.9 Å². The predicted octanol–water partition coefficient (Wildman–Crippen LogP) is 4.28. The van der Waals surface area contributed by atoms with Crippen LogP contribution in [0, 0.1) is 18.9 Å². The number of alkyl halides is 6. The van der Waals surface area contributed by atoms with Crippen molar-refractivity contribution in [3.05, 3.63) is 108 Å². The Balaban J connectivity index is 0. The molecule has 0 aliphatic heterocycles. The van der Waals surface area contributed by atoms with Gasteiger partial charge in [-0.3, -0.25) is 0 Å². The van der Waals surface area contributed by atoms with E-state index in [1.54, 1.807) is 0 Å². The number of hydrogen-bond acceptors (Lipinski definition) is 6. The van der Waals surface area contributed by atoms with E-state index in [0.29, 0.717) is 0 Å². The molecule has 194 valence electrons. The van der Waals surface area contributed by atoms with Gasteiger partial charge in [0.15, 0.2) is 20.2 Å². The SMILES string of the molecule is C1=C[CH-]C=CC=1C1=CC=CC=[C+]1.CC1=CC=C=C[CH]1.O=S(=O)([O-])C(F)(F)F.O=S(=O)([O-])C(F)(F)F.[Bi+2]. The third-order valence-electron chi connectivity index (χ3n) is 3.16. The van der Waals surface area contributed by atoms with Crippen LogP contribution >= 0.6 is 0 Å². The summed E-state index contributed by atoms with van der Waals surface area (Å²) in [7, 11) is -12.2. The van der Waals surface area contributed by atoms with E-state index in [9.17, 15) is 26.3 Å². The van der Waals surface area contributed by atoms with Gasteiger partial charge in [-0.2, -0.15) is 38.8 Å². The molecule has 0 amide bonds. The molecule has 0 bridgehead atoms. The Morgan fingerprint density at radius 1 is 0.917 bits per heavy atom. The van der Waals surface area contributed by atoms with Crippen LogP contribution in [-0.4, -0.2) is 63.2 Å². The maximum absolute atomic E-state index is 10.7. The van der Waals surface area contributed by atoms with Crippen molar-refractivity contribution in [2.24, 2.45) is 0 Å². The van der Waals surface area contributed by atoms with Crippen molar-refractivity contribution in [3.63, 3.8) is 0 Å². The van der Waals surface area contributed by atoms with Crippen LogP contribution in [0.4, 0.5) is 26.3 Å². The summed E-state index contributed by atoms with van der Waals surface area (Å²) in [6.45, 7) is 2.06. The van der Waals surface area contributed by atoms with Crippen molar-refractivity contribution in [1.82, 2.24) is 0 Å². The first-order valence-corrected chi connectivity index (χ1v) is 11.6. The van der Waals surface area contributed by atoms with Gasteiger partial charge >= 0.3 is 37.2 Å². The summed E-state index contributed by atoms with van der Waals surface area (Å²) in [6.07, 6.45) is 26.9. The number of hydrogen-bond donors (Lipinski definition) is 0. The van der Waals surface area contributed by atoms with Crippen LogP contribution in [0.3, 0.4) is 0 Å². The molecule has 3 aliphatic rings. The van der Waals surface area contributed by atoms with Crippen molar-refractivity contribution in [3.8, 4) is 0 Å². The van der Waals surface area contributed by atoms with Crippen molar-refractivity contribution >= 4 is 46.4 Å². The molecule has 0 aromatic heterocycles. The summed E-state index contributed by atoms with van der Waals surface area (Å²) in [5.74, 6) is 0. The topological polar surface area (TPSA) is 114 Å². The van der Waals surface area contributed by atoms with Crippen LogP contribution in [0.15, 0.2) is 88.9 Å². The molecule has 0 aromatic rings. The molecule has 0 fully saturated rings. The van der Waals surface area contributed by atoms with Crippen LogP contribution in [0.25, 0.3) is 0 Å². The summed E-state index contributed by atoms with van der Waals surface area (Å²) in [5.41, 5.74) is -1.72. The van der Waals surface area contributed by atoms with Crippen molar-refractivity contribution in [1.29, 1.82) is 0 Å². The molecule has 15 heteroatoms. The van der Waals surface area contributed by atoms with E-state index in [-0.39, 0.29) is 26.2 Å². The fraction of sp³-hybridized carbons (Fsp3) is 0.143. The van der Waals surface area contributed by atoms with Gasteiger partial charge in [-0.05, 0) is 24.6 Å². The van der Waals surface area contributed by atoms with E-state index < -0.39 is 31.3 Å². The number of allylic oxidation sites excluding steroid dienone is 12. The van der Waals surface area contributed by atoms with E-state index in [1.165, 1.54) is 5.57 Å². The van der Waals surface area contributed by atoms with Gasteiger partial charge in [0.1, 0.15) is 5.57 Å². The fourth-order valence-electron chi connectivity index (χ4n) is 1.59. The molecule has 0 saturated heterocycles. The largest absolute Gasteiger partial charge is 2.00 e. The molecule has 3 rings (SSSR count). The molecule has 3 aliphatic carbocycles. The molecule has 0 N–H and O–H groups in total. The Morgan fingerprint density at radius 3 is 1.72 bits per heavy atom. The minimum absolute atomic E-state index is 0. The van der Waals surface area contributed by atoms with Gasteiger partial charge in [0, 0.05) is 30.7 Å². The van der Waals surface area contributed by atoms with E-state index >= 15 is 0 Å². The van der Waals surface area contributed by atoms with Crippen molar-refractivity contribution in [2.75, 3.05) is 0 Å². The first-order chi connectivity index (χ1) is 15.9. The van der Waals surface area contributed by atoms with Gasteiger partial charge < -0.3 is 9.11 Å². The van der Waals surface area contributed by atoms with Crippen LogP contribution in [-0.2, 0) is 20.2 Å². The van der Waals surface area contributed by atoms with Crippen LogP contribution < -0.4 is 0 Å². The third-order valence-corrected chi connectivity index (χ3v) is 4.29. The predicted molar refractivity (Wildman–Crippen MR) is 118 cm³/mol. The zero-order valence-corrected chi connectivity index (χ0v) is 23.0. The molecule has 0 unspecified atom stereocenters. The average Bonchev–Trinajstić information content (AvgIpc) is 2.74. The second kappa shape index (κ2) is 15.8. The fourth-order valence-corrected chi connectivity index (χ4v) is 1.59. The van der Waals surface area contributed by atoms with Gasteiger partial charge in [-0.1, -0.05) is 11.6 Å². The summed E-state index contributed by atoms with van der Waals surface area (Å²) in [4.78, 5) is 0. The molecule has 0 aromatic carbocycles. The molecule has 0 saturated carbocycles. The molecule has 4 radical (unpaired) electrons. The Bertz CT molecular complexity index is 1190. The first kappa shape index (κ1) is 36.0. The zero-order chi connectivity index (χ0) is 27.3. The summed E-state index contributed by atoms with van der Waals surface area (Å²) >= 11 is 0. The Hall–Kier alpha value is -2.20. The van der Waals surface area contributed by atoms with Gasteiger partial charge in [0.05, 0.1) is 6.08 Å². The second-order valence-corrected chi connectivity index (χ2v) is 8.67. The van der Waals surface area contributed by atoms with E-state index in [4.69, 9.17) is 25.9 Å². The quantitative estimate of drug-likeness (QED) is 0.0988. The monoisotopic (exact) mass is 750 g/mol. The first-order valence-electron chi connectivity index (χ1n) is 8.77. The van der Waals surface area contributed by atoms with Crippen molar-refractivity contribution in [2.45, 2.75) is 17.9 Å². The Kier molecular flexibility index (Phi) is 15.8. The minimum atomic E-state index is -6.09. The smallest absolute Gasteiger partial charge is 0.741 e. The van der Waals surface area contributed by atoms with Gasteiger partial charge in [0.25, 0.3) is 0 Å². The Labute approximate surface area is 223 Å². The molecular weight excluding hydrogens is 735 g/mol.